The maximum absolute atomic E-state index is 13.1. The molecule has 5 rings (SSSR count). The summed E-state index contributed by atoms with van der Waals surface area (Å²) in [4.78, 5) is 17.4. The van der Waals surface area contributed by atoms with Gasteiger partial charge in [0.2, 0.25) is 10.0 Å². The van der Waals surface area contributed by atoms with Crippen LogP contribution in [-0.4, -0.2) is 56.3 Å². The summed E-state index contributed by atoms with van der Waals surface area (Å²) in [5, 5.41) is 0. The normalized spacial score (nSPS) is 16.9. The van der Waals surface area contributed by atoms with Gasteiger partial charge in [0.25, 0.3) is 5.91 Å². The molecular formula is C27H29N3O3S. The fourth-order valence-electron chi connectivity index (χ4n) is 4.70. The van der Waals surface area contributed by atoms with Crippen molar-refractivity contribution < 1.29 is 13.2 Å². The van der Waals surface area contributed by atoms with Gasteiger partial charge in [0.05, 0.1) is 4.90 Å². The van der Waals surface area contributed by atoms with Crippen molar-refractivity contribution in [2.45, 2.75) is 24.8 Å². The number of hydrogen-bond acceptors (Lipinski definition) is 4. The topological polar surface area (TPSA) is 60.9 Å². The monoisotopic (exact) mass is 475 g/mol. The molecule has 0 radical (unpaired) electrons. The molecule has 0 saturated carbocycles. The van der Waals surface area contributed by atoms with E-state index in [0.717, 1.165) is 30.8 Å². The minimum Gasteiger partial charge on any atom is -0.367 e. The first-order valence-electron chi connectivity index (χ1n) is 11.7. The molecule has 3 aromatic carbocycles. The number of benzene rings is 3. The highest BCUT2D eigenvalue weighted by Crippen LogP contribution is 2.25. The van der Waals surface area contributed by atoms with Gasteiger partial charge in [-0.25, -0.2) is 8.42 Å². The first-order chi connectivity index (χ1) is 16.4. The van der Waals surface area contributed by atoms with E-state index >= 15 is 0 Å². The molecule has 1 fully saturated rings. The predicted molar refractivity (Wildman–Crippen MR) is 133 cm³/mol. The molecule has 34 heavy (non-hydrogen) atoms. The third-order valence-electron chi connectivity index (χ3n) is 6.79. The van der Waals surface area contributed by atoms with E-state index in [9.17, 15) is 13.2 Å². The lowest BCUT2D eigenvalue weighted by Gasteiger charge is -2.34. The molecule has 6 nitrogen and oxygen atoms in total. The van der Waals surface area contributed by atoms with Crippen LogP contribution in [0.25, 0.3) is 0 Å². The van der Waals surface area contributed by atoms with E-state index in [2.05, 4.69) is 29.2 Å². The van der Waals surface area contributed by atoms with Crippen LogP contribution < -0.4 is 4.90 Å². The Labute approximate surface area is 201 Å². The summed E-state index contributed by atoms with van der Waals surface area (Å²) in [6.45, 7) is 5.13. The van der Waals surface area contributed by atoms with Crippen LogP contribution in [0, 0.1) is 6.92 Å². The van der Waals surface area contributed by atoms with Gasteiger partial charge in [-0.05, 0) is 60.9 Å². The lowest BCUT2D eigenvalue weighted by Crippen LogP contribution is -2.50. The highest BCUT2D eigenvalue weighted by atomic mass is 32.2. The van der Waals surface area contributed by atoms with Crippen LogP contribution in [0.4, 0.5) is 5.69 Å². The lowest BCUT2D eigenvalue weighted by atomic mass is 9.99. The van der Waals surface area contributed by atoms with Gasteiger partial charge in [0, 0.05) is 50.5 Å². The predicted octanol–water partition coefficient (Wildman–Crippen LogP) is 3.70. The minimum absolute atomic E-state index is 0.0528. The lowest BCUT2D eigenvalue weighted by molar-refractivity contribution is 0.0698. The molecule has 1 saturated heterocycles. The summed E-state index contributed by atoms with van der Waals surface area (Å²) in [6.07, 6.45) is 1.02. The number of nitrogens with zero attached hydrogens (tertiary/aromatic N) is 3. The van der Waals surface area contributed by atoms with Crippen molar-refractivity contribution in [3.05, 3.63) is 95.1 Å². The Hall–Kier alpha value is -3.16. The number of rotatable bonds is 4. The molecule has 0 bridgehead atoms. The number of piperazine rings is 1. The maximum atomic E-state index is 13.1. The minimum atomic E-state index is -3.54. The molecule has 0 N–H and O–H groups in total. The van der Waals surface area contributed by atoms with Crippen LogP contribution in [0.5, 0.6) is 0 Å². The van der Waals surface area contributed by atoms with Crippen molar-refractivity contribution in [3.8, 4) is 0 Å². The number of amides is 1. The Morgan fingerprint density at radius 1 is 0.765 bits per heavy atom. The van der Waals surface area contributed by atoms with E-state index in [4.69, 9.17) is 0 Å². The molecule has 176 valence electrons. The third kappa shape index (κ3) is 4.45. The van der Waals surface area contributed by atoms with Gasteiger partial charge in [0.1, 0.15) is 0 Å². The zero-order valence-corrected chi connectivity index (χ0v) is 20.2. The molecule has 0 unspecified atom stereocenters. The molecule has 0 spiro atoms. The fraction of sp³-hybridized carbons (Fsp3) is 0.296. The van der Waals surface area contributed by atoms with Gasteiger partial charge < -0.3 is 9.80 Å². The molecule has 2 heterocycles. The van der Waals surface area contributed by atoms with E-state index in [1.54, 1.807) is 29.2 Å². The highest BCUT2D eigenvalue weighted by molar-refractivity contribution is 7.89. The van der Waals surface area contributed by atoms with Gasteiger partial charge in [-0.1, -0.05) is 42.0 Å². The van der Waals surface area contributed by atoms with Gasteiger partial charge in [-0.15, -0.1) is 0 Å². The molecule has 0 atom stereocenters. The van der Waals surface area contributed by atoms with Crippen LogP contribution in [-0.2, 0) is 23.0 Å². The molecule has 2 aliphatic heterocycles. The zero-order valence-electron chi connectivity index (χ0n) is 19.4. The summed E-state index contributed by atoms with van der Waals surface area (Å²) in [7, 11) is -3.54. The average molecular weight is 476 g/mol. The smallest absolute Gasteiger partial charge is 0.253 e. The number of hydrogen-bond donors (Lipinski definition) is 0. The van der Waals surface area contributed by atoms with Crippen LogP contribution in [0.1, 0.15) is 27.0 Å². The van der Waals surface area contributed by atoms with Crippen LogP contribution in [0.3, 0.4) is 0 Å². The Morgan fingerprint density at radius 3 is 2.09 bits per heavy atom. The largest absolute Gasteiger partial charge is 0.367 e. The zero-order chi connectivity index (χ0) is 23.7. The molecule has 1 amide bonds. The third-order valence-corrected chi connectivity index (χ3v) is 8.71. The first kappa shape index (κ1) is 22.6. The standard InChI is InChI=1S/C27H29N3O3S/c1-21-6-12-26(13-7-21)34(32,33)30-18-16-28(17-19-30)27(31)23-8-10-25(11-9-23)29-15-14-22-4-2-3-5-24(22)20-29/h2-13H,14-20H2,1H3. The number of sulfonamides is 1. The van der Waals surface area contributed by atoms with Crippen LogP contribution in [0.2, 0.25) is 0 Å². The van der Waals surface area contributed by atoms with E-state index in [-0.39, 0.29) is 5.91 Å². The molecular weight excluding hydrogens is 446 g/mol. The molecule has 2 aliphatic rings. The van der Waals surface area contributed by atoms with Crippen molar-refractivity contribution in [2.75, 3.05) is 37.6 Å². The number of carbonyl (C=O) groups excluding carboxylic acids is 1. The molecule has 3 aromatic rings. The van der Waals surface area contributed by atoms with Crippen molar-refractivity contribution >= 4 is 21.6 Å². The van der Waals surface area contributed by atoms with Crippen LogP contribution >= 0.6 is 0 Å². The van der Waals surface area contributed by atoms with Crippen LogP contribution in [0.15, 0.2) is 77.7 Å². The highest BCUT2D eigenvalue weighted by Gasteiger charge is 2.30. The van der Waals surface area contributed by atoms with E-state index in [0.29, 0.717) is 36.6 Å². The number of aryl methyl sites for hydroxylation is 1. The second-order valence-corrected chi connectivity index (χ2v) is 10.9. The first-order valence-corrected chi connectivity index (χ1v) is 13.1. The van der Waals surface area contributed by atoms with Crippen molar-refractivity contribution in [1.82, 2.24) is 9.21 Å². The number of carbonyl (C=O) groups is 1. The molecule has 7 heteroatoms. The summed E-state index contributed by atoms with van der Waals surface area (Å²) in [6, 6.07) is 23.2. The van der Waals surface area contributed by atoms with Crippen molar-refractivity contribution in [1.29, 1.82) is 0 Å². The Bertz CT molecular complexity index is 1280. The van der Waals surface area contributed by atoms with Crippen molar-refractivity contribution in [2.24, 2.45) is 0 Å². The Kier molecular flexibility index (Phi) is 6.15. The molecule has 0 aliphatic carbocycles. The number of fused-ring (bicyclic) bond motifs is 1. The summed E-state index contributed by atoms with van der Waals surface area (Å²) in [5.74, 6) is -0.0528. The van der Waals surface area contributed by atoms with Gasteiger partial charge >= 0.3 is 0 Å². The number of anilines is 1. The van der Waals surface area contributed by atoms with E-state index in [1.807, 2.05) is 31.2 Å². The SMILES string of the molecule is Cc1ccc(S(=O)(=O)N2CCN(C(=O)c3ccc(N4CCc5ccccc5C4)cc3)CC2)cc1. The quantitative estimate of drug-likeness (QED) is 0.577. The van der Waals surface area contributed by atoms with E-state index < -0.39 is 10.0 Å². The van der Waals surface area contributed by atoms with Gasteiger partial charge in [-0.3, -0.25) is 4.79 Å². The Morgan fingerprint density at radius 2 is 1.41 bits per heavy atom. The van der Waals surface area contributed by atoms with Gasteiger partial charge in [-0.2, -0.15) is 4.31 Å². The second-order valence-electron chi connectivity index (χ2n) is 9.00. The molecule has 0 aromatic heterocycles. The maximum Gasteiger partial charge on any atom is 0.253 e. The summed E-state index contributed by atoms with van der Waals surface area (Å²) >= 11 is 0. The second kappa shape index (κ2) is 9.24. The van der Waals surface area contributed by atoms with Crippen molar-refractivity contribution in [3.63, 3.8) is 0 Å². The summed E-state index contributed by atoms with van der Waals surface area (Å²) in [5.41, 5.74) is 5.53. The van der Waals surface area contributed by atoms with E-state index in [1.165, 1.54) is 15.4 Å². The fourth-order valence-corrected chi connectivity index (χ4v) is 6.13. The Balaban J connectivity index is 1.21. The van der Waals surface area contributed by atoms with Gasteiger partial charge in [0.15, 0.2) is 0 Å². The summed E-state index contributed by atoms with van der Waals surface area (Å²) < 4.78 is 27.3. The average Bonchev–Trinajstić information content (AvgIpc) is 2.88.